The lowest BCUT2D eigenvalue weighted by Crippen LogP contribution is -2.28. The summed E-state index contributed by atoms with van der Waals surface area (Å²) < 4.78 is 1.84. The van der Waals surface area contributed by atoms with Crippen LogP contribution in [0.15, 0.2) is 6.20 Å². The molecular weight excluding hydrogens is 264 g/mol. The molecular formula is C16H20N4O. The van der Waals surface area contributed by atoms with Crippen molar-refractivity contribution in [1.82, 2.24) is 19.7 Å². The van der Waals surface area contributed by atoms with Crippen LogP contribution in [0.3, 0.4) is 0 Å². The van der Waals surface area contributed by atoms with Gasteiger partial charge in [0, 0.05) is 25.4 Å². The van der Waals surface area contributed by atoms with Crippen LogP contribution in [0, 0.1) is 19.3 Å². The van der Waals surface area contributed by atoms with Crippen molar-refractivity contribution in [3.05, 3.63) is 28.8 Å². The maximum atomic E-state index is 12.2. The minimum Gasteiger partial charge on any atom is -0.294 e. The molecule has 0 fully saturated rings. The summed E-state index contributed by atoms with van der Waals surface area (Å²) in [6.45, 7) is 8.18. The standard InChI is InChI=1S/C16H20N4O/c1-9-14(10(2)20(5)19-9)15-17-8-11-12(18-15)6-16(3,4)7-13(11)21/h8H,6-7H2,1-5H3. The van der Waals surface area contributed by atoms with Crippen molar-refractivity contribution >= 4 is 5.78 Å². The first-order valence-electron chi connectivity index (χ1n) is 7.18. The van der Waals surface area contributed by atoms with E-state index in [1.54, 1.807) is 6.20 Å². The first-order valence-corrected chi connectivity index (χ1v) is 7.18. The van der Waals surface area contributed by atoms with Gasteiger partial charge in [-0.25, -0.2) is 9.97 Å². The van der Waals surface area contributed by atoms with E-state index in [9.17, 15) is 4.79 Å². The van der Waals surface area contributed by atoms with Crippen molar-refractivity contribution in [2.75, 3.05) is 0 Å². The first-order chi connectivity index (χ1) is 9.78. The van der Waals surface area contributed by atoms with Crippen molar-refractivity contribution < 1.29 is 4.79 Å². The zero-order valence-electron chi connectivity index (χ0n) is 13.2. The second kappa shape index (κ2) is 4.48. The van der Waals surface area contributed by atoms with Gasteiger partial charge in [-0.1, -0.05) is 13.8 Å². The molecule has 21 heavy (non-hydrogen) atoms. The number of hydrogen-bond donors (Lipinski definition) is 0. The molecule has 0 bridgehead atoms. The molecule has 110 valence electrons. The highest BCUT2D eigenvalue weighted by molar-refractivity contribution is 5.98. The predicted octanol–water partition coefficient (Wildman–Crippen LogP) is 2.65. The molecule has 2 aromatic rings. The third-order valence-electron chi connectivity index (χ3n) is 4.19. The average molecular weight is 284 g/mol. The quantitative estimate of drug-likeness (QED) is 0.807. The molecule has 0 aromatic carbocycles. The third kappa shape index (κ3) is 2.26. The van der Waals surface area contributed by atoms with E-state index in [-0.39, 0.29) is 11.2 Å². The maximum absolute atomic E-state index is 12.2. The number of ketones is 1. The lowest BCUT2D eigenvalue weighted by atomic mass is 9.76. The van der Waals surface area contributed by atoms with Gasteiger partial charge in [0.2, 0.25) is 0 Å². The number of fused-ring (bicyclic) bond motifs is 1. The molecule has 1 aliphatic rings. The molecule has 2 heterocycles. The van der Waals surface area contributed by atoms with Crippen LogP contribution in [-0.2, 0) is 13.5 Å². The fourth-order valence-electron chi connectivity index (χ4n) is 3.05. The maximum Gasteiger partial charge on any atom is 0.166 e. The Labute approximate surface area is 124 Å². The Balaban J connectivity index is 2.14. The van der Waals surface area contributed by atoms with Crippen molar-refractivity contribution in [2.45, 2.75) is 40.5 Å². The topological polar surface area (TPSA) is 60.7 Å². The normalized spacial score (nSPS) is 16.9. The largest absolute Gasteiger partial charge is 0.294 e. The summed E-state index contributed by atoms with van der Waals surface area (Å²) in [5.41, 5.74) is 4.43. The second-order valence-electron chi connectivity index (χ2n) is 6.66. The summed E-state index contributed by atoms with van der Waals surface area (Å²) in [4.78, 5) is 21.3. The first kappa shape index (κ1) is 13.9. The molecule has 5 nitrogen and oxygen atoms in total. The molecule has 0 amide bonds. The summed E-state index contributed by atoms with van der Waals surface area (Å²) in [6.07, 6.45) is 3.05. The molecule has 0 saturated carbocycles. The molecule has 1 aliphatic carbocycles. The Kier molecular flexibility index (Phi) is 2.97. The van der Waals surface area contributed by atoms with Gasteiger partial charge < -0.3 is 0 Å². The monoisotopic (exact) mass is 284 g/mol. The van der Waals surface area contributed by atoms with Crippen molar-refractivity contribution in [1.29, 1.82) is 0 Å². The van der Waals surface area contributed by atoms with E-state index in [1.165, 1.54) is 0 Å². The average Bonchev–Trinajstić information content (AvgIpc) is 2.61. The Hall–Kier alpha value is -2.04. The molecule has 0 radical (unpaired) electrons. The SMILES string of the molecule is Cc1nn(C)c(C)c1-c1ncc2c(n1)CC(C)(C)CC2=O. The molecule has 0 saturated heterocycles. The van der Waals surface area contributed by atoms with Crippen molar-refractivity contribution in [3.63, 3.8) is 0 Å². The third-order valence-corrected chi connectivity index (χ3v) is 4.19. The van der Waals surface area contributed by atoms with Gasteiger partial charge in [-0.15, -0.1) is 0 Å². The summed E-state index contributed by atoms with van der Waals surface area (Å²) in [7, 11) is 1.91. The Morgan fingerprint density at radius 3 is 2.57 bits per heavy atom. The predicted molar refractivity (Wildman–Crippen MR) is 80.1 cm³/mol. The van der Waals surface area contributed by atoms with Crippen molar-refractivity contribution in [2.24, 2.45) is 12.5 Å². The number of carbonyl (C=O) groups is 1. The molecule has 0 atom stereocenters. The number of aryl methyl sites for hydroxylation is 2. The van der Waals surface area contributed by atoms with Crippen LogP contribution in [-0.4, -0.2) is 25.5 Å². The molecule has 0 N–H and O–H groups in total. The minimum atomic E-state index is -0.0330. The molecule has 0 unspecified atom stereocenters. The number of rotatable bonds is 1. The summed E-state index contributed by atoms with van der Waals surface area (Å²) >= 11 is 0. The van der Waals surface area contributed by atoms with Crippen molar-refractivity contribution in [3.8, 4) is 11.4 Å². The molecule has 2 aromatic heterocycles. The van der Waals surface area contributed by atoms with E-state index in [0.29, 0.717) is 17.8 Å². The zero-order chi connectivity index (χ0) is 15.4. The highest BCUT2D eigenvalue weighted by atomic mass is 16.1. The van der Waals surface area contributed by atoms with Crippen LogP contribution in [0.1, 0.15) is 47.7 Å². The number of hydrogen-bond acceptors (Lipinski definition) is 4. The van der Waals surface area contributed by atoms with Crippen LogP contribution in [0.2, 0.25) is 0 Å². The van der Waals surface area contributed by atoms with Gasteiger partial charge in [0.25, 0.3) is 0 Å². The Morgan fingerprint density at radius 2 is 1.95 bits per heavy atom. The highest BCUT2D eigenvalue weighted by Gasteiger charge is 2.32. The van der Waals surface area contributed by atoms with E-state index >= 15 is 0 Å². The number of carbonyl (C=O) groups excluding carboxylic acids is 1. The van der Waals surface area contributed by atoms with Gasteiger partial charge in [0.05, 0.1) is 22.5 Å². The van der Waals surface area contributed by atoms with Gasteiger partial charge in [-0.05, 0) is 25.7 Å². The number of Topliss-reactive ketones (excluding diaryl/α,β-unsaturated/α-hetero) is 1. The molecule has 0 spiro atoms. The Bertz CT molecular complexity index is 743. The van der Waals surface area contributed by atoms with E-state index in [2.05, 4.69) is 28.9 Å². The highest BCUT2D eigenvalue weighted by Crippen LogP contribution is 2.34. The van der Waals surface area contributed by atoms with Gasteiger partial charge in [0.1, 0.15) is 0 Å². The summed E-state index contributed by atoms with van der Waals surface area (Å²) in [5.74, 6) is 0.815. The van der Waals surface area contributed by atoms with E-state index in [0.717, 1.165) is 29.1 Å². The van der Waals surface area contributed by atoms with Gasteiger partial charge in [0.15, 0.2) is 11.6 Å². The Morgan fingerprint density at radius 1 is 1.24 bits per heavy atom. The molecule has 3 rings (SSSR count). The van der Waals surface area contributed by atoms with Gasteiger partial charge in [-0.3, -0.25) is 9.48 Å². The minimum absolute atomic E-state index is 0.0330. The smallest absolute Gasteiger partial charge is 0.166 e. The fraction of sp³-hybridized carbons (Fsp3) is 0.500. The zero-order valence-corrected chi connectivity index (χ0v) is 13.2. The van der Waals surface area contributed by atoms with E-state index in [1.807, 2.05) is 25.6 Å². The van der Waals surface area contributed by atoms with Crippen LogP contribution in [0.5, 0.6) is 0 Å². The lowest BCUT2D eigenvalue weighted by molar-refractivity contribution is 0.0910. The van der Waals surface area contributed by atoms with Gasteiger partial charge in [-0.2, -0.15) is 5.10 Å². The van der Waals surface area contributed by atoms with E-state index in [4.69, 9.17) is 0 Å². The second-order valence-corrected chi connectivity index (χ2v) is 6.66. The number of aromatic nitrogens is 4. The van der Waals surface area contributed by atoms with E-state index < -0.39 is 0 Å². The summed E-state index contributed by atoms with van der Waals surface area (Å²) in [5, 5.41) is 4.41. The van der Waals surface area contributed by atoms with Crippen LogP contribution < -0.4 is 0 Å². The molecule has 0 aliphatic heterocycles. The van der Waals surface area contributed by atoms with Crippen LogP contribution in [0.4, 0.5) is 0 Å². The number of nitrogens with zero attached hydrogens (tertiary/aromatic N) is 4. The summed E-state index contributed by atoms with van der Waals surface area (Å²) in [6, 6.07) is 0. The fourth-order valence-corrected chi connectivity index (χ4v) is 3.05. The van der Waals surface area contributed by atoms with Crippen LogP contribution in [0.25, 0.3) is 11.4 Å². The van der Waals surface area contributed by atoms with Gasteiger partial charge >= 0.3 is 0 Å². The van der Waals surface area contributed by atoms with Crippen LogP contribution >= 0.6 is 0 Å². The molecule has 5 heteroatoms. The lowest BCUT2D eigenvalue weighted by Gasteiger charge is -2.29.